The largest absolute Gasteiger partial charge is 0.393 e. The summed E-state index contributed by atoms with van der Waals surface area (Å²) >= 11 is 0. The van der Waals surface area contributed by atoms with Crippen molar-refractivity contribution in [1.82, 2.24) is 4.90 Å². The fraction of sp³-hybridized carbons (Fsp3) is 0.923. The van der Waals surface area contributed by atoms with Crippen LogP contribution in [-0.2, 0) is 4.79 Å². The molecule has 0 aromatic carbocycles. The van der Waals surface area contributed by atoms with Gasteiger partial charge in [-0.25, -0.2) is 0 Å². The number of hydrogen-bond donors (Lipinski definition) is 2. The molecule has 1 heterocycles. The molecule has 2 aliphatic rings. The number of nitrogens with two attached hydrogens (primary N) is 1. The summed E-state index contributed by atoms with van der Waals surface area (Å²) in [5, 5.41) is 9.79. The molecule has 3 N–H and O–H groups in total. The van der Waals surface area contributed by atoms with Crippen LogP contribution in [0.4, 0.5) is 0 Å². The highest BCUT2D eigenvalue weighted by atomic mass is 16.3. The molecule has 1 saturated heterocycles. The van der Waals surface area contributed by atoms with Gasteiger partial charge in [0.2, 0.25) is 5.91 Å². The molecule has 0 spiro atoms. The third-order valence-electron chi connectivity index (χ3n) is 4.27. The third-order valence-corrected chi connectivity index (χ3v) is 4.27. The Bertz CT molecular complexity index is 270. The number of rotatable bonds is 5. The number of hydrogen-bond acceptors (Lipinski definition) is 3. The fourth-order valence-electron chi connectivity index (χ4n) is 3.20. The first kappa shape index (κ1) is 12.8. The van der Waals surface area contributed by atoms with Gasteiger partial charge in [0.25, 0.3) is 0 Å². The van der Waals surface area contributed by atoms with Crippen molar-refractivity contribution >= 4 is 5.91 Å². The smallest absolute Gasteiger partial charge is 0.222 e. The second kappa shape index (κ2) is 5.83. The lowest BCUT2D eigenvalue weighted by Gasteiger charge is -2.18. The molecule has 1 saturated carbocycles. The van der Waals surface area contributed by atoms with E-state index in [0.717, 1.165) is 45.2 Å². The van der Waals surface area contributed by atoms with Gasteiger partial charge in [-0.2, -0.15) is 0 Å². The first-order valence-corrected chi connectivity index (χ1v) is 6.88. The Morgan fingerprint density at radius 2 is 2.06 bits per heavy atom. The maximum Gasteiger partial charge on any atom is 0.222 e. The summed E-state index contributed by atoms with van der Waals surface area (Å²) in [6, 6.07) is 0. The van der Waals surface area contributed by atoms with Crippen LogP contribution in [0.15, 0.2) is 0 Å². The number of likely N-dealkylation sites (tertiary alicyclic amines) is 1. The second-order valence-electron chi connectivity index (χ2n) is 5.47. The monoisotopic (exact) mass is 240 g/mol. The van der Waals surface area contributed by atoms with Crippen molar-refractivity contribution in [3.8, 4) is 0 Å². The molecule has 4 heteroatoms. The van der Waals surface area contributed by atoms with Crippen LogP contribution in [-0.4, -0.2) is 41.7 Å². The van der Waals surface area contributed by atoms with Crippen molar-refractivity contribution < 1.29 is 9.90 Å². The molecule has 0 aromatic heterocycles. The van der Waals surface area contributed by atoms with Gasteiger partial charge in [-0.15, -0.1) is 0 Å². The van der Waals surface area contributed by atoms with Gasteiger partial charge in [-0.05, 0) is 38.1 Å². The topological polar surface area (TPSA) is 66.6 Å². The van der Waals surface area contributed by atoms with E-state index in [1.165, 1.54) is 0 Å². The summed E-state index contributed by atoms with van der Waals surface area (Å²) in [4.78, 5) is 13.9. The quantitative estimate of drug-likeness (QED) is 0.696. The van der Waals surface area contributed by atoms with Crippen LogP contribution in [0.25, 0.3) is 0 Å². The van der Waals surface area contributed by atoms with Gasteiger partial charge in [-0.3, -0.25) is 4.79 Å². The van der Waals surface area contributed by atoms with Crippen LogP contribution in [0.2, 0.25) is 0 Å². The van der Waals surface area contributed by atoms with E-state index >= 15 is 0 Å². The number of nitrogens with zero attached hydrogens (tertiary/aromatic N) is 1. The van der Waals surface area contributed by atoms with Gasteiger partial charge in [-0.1, -0.05) is 6.42 Å². The standard InChI is InChI=1S/C13H24N2O2/c14-7-3-1-2-4-13(17)15-8-10-5-6-12(16)11(10)9-15/h10-12,16H,1-9,14H2. The van der Waals surface area contributed by atoms with Crippen LogP contribution < -0.4 is 5.73 Å². The maximum absolute atomic E-state index is 12.0. The van der Waals surface area contributed by atoms with Crippen molar-refractivity contribution in [2.45, 2.75) is 44.6 Å². The number of unbranched alkanes of at least 4 members (excludes halogenated alkanes) is 2. The molecular formula is C13H24N2O2. The van der Waals surface area contributed by atoms with E-state index in [0.29, 0.717) is 24.8 Å². The third kappa shape index (κ3) is 2.99. The van der Waals surface area contributed by atoms with Gasteiger partial charge in [0.1, 0.15) is 0 Å². The minimum atomic E-state index is -0.171. The number of aliphatic hydroxyl groups excluding tert-OH is 1. The Balaban J connectivity index is 1.71. The summed E-state index contributed by atoms with van der Waals surface area (Å²) in [6.07, 6.45) is 5.49. The summed E-state index contributed by atoms with van der Waals surface area (Å²) in [5.74, 6) is 1.17. The molecule has 17 heavy (non-hydrogen) atoms. The molecule has 2 fully saturated rings. The zero-order valence-corrected chi connectivity index (χ0v) is 10.5. The molecule has 0 aromatic rings. The van der Waals surface area contributed by atoms with Gasteiger partial charge in [0, 0.05) is 25.4 Å². The summed E-state index contributed by atoms with van der Waals surface area (Å²) in [5.41, 5.74) is 5.42. The second-order valence-corrected chi connectivity index (χ2v) is 5.47. The molecule has 1 aliphatic heterocycles. The zero-order chi connectivity index (χ0) is 12.3. The Morgan fingerprint density at radius 1 is 1.24 bits per heavy atom. The van der Waals surface area contributed by atoms with Crippen molar-refractivity contribution in [3.05, 3.63) is 0 Å². The average Bonchev–Trinajstić information content (AvgIpc) is 2.87. The minimum absolute atomic E-state index is 0.171. The average molecular weight is 240 g/mol. The lowest BCUT2D eigenvalue weighted by atomic mass is 10.00. The van der Waals surface area contributed by atoms with E-state index in [-0.39, 0.29) is 12.0 Å². The van der Waals surface area contributed by atoms with E-state index in [9.17, 15) is 9.90 Å². The van der Waals surface area contributed by atoms with Crippen LogP contribution in [0.1, 0.15) is 38.5 Å². The first-order chi connectivity index (χ1) is 8.22. The summed E-state index contributed by atoms with van der Waals surface area (Å²) < 4.78 is 0. The molecule has 1 aliphatic carbocycles. The van der Waals surface area contributed by atoms with Crippen molar-refractivity contribution in [3.63, 3.8) is 0 Å². The highest BCUT2D eigenvalue weighted by molar-refractivity contribution is 5.76. The molecule has 0 bridgehead atoms. The molecule has 3 atom stereocenters. The number of carbonyl (C=O) groups excluding carboxylic acids is 1. The van der Waals surface area contributed by atoms with E-state index in [2.05, 4.69) is 0 Å². The lowest BCUT2D eigenvalue weighted by molar-refractivity contribution is -0.130. The fourth-order valence-corrected chi connectivity index (χ4v) is 3.20. The maximum atomic E-state index is 12.0. The molecule has 3 unspecified atom stereocenters. The molecule has 1 amide bonds. The predicted molar refractivity (Wildman–Crippen MR) is 66.3 cm³/mol. The van der Waals surface area contributed by atoms with Crippen molar-refractivity contribution in [2.75, 3.05) is 19.6 Å². The van der Waals surface area contributed by atoms with E-state index in [1.807, 2.05) is 4.90 Å². The number of carbonyl (C=O) groups is 1. The van der Waals surface area contributed by atoms with Crippen LogP contribution >= 0.6 is 0 Å². The summed E-state index contributed by atoms with van der Waals surface area (Å²) in [6.45, 7) is 2.37. The van der Waals surface area contributed by atoms with Gasteiger partial charge < -0.3 is 15.7 Å². The van der Waals surface area contributed by atoms with Crippen LogP contribution in [0.5, 0.6) is 0 Å². The molecule has 98 valence electrons. The minimum Gasteiger partial charge on any atom is -0.393 e. The van der Waals surface area contributed by atoms with E-state index < -0.39 is 0 Å². The number of amides is 1. The zero-order valence-electron chi connectivity index (χ0n) is 10.5. The van der Waals surface area contributed by atoms with Crippen molar-refractivity contribution in [2.24, 2.45) is 17.6 Å². The molecular weight excluding hydrogens is 216 g/mol. The first-order valence-electron chi connectivity index (χ1n) is 6.88. The number of fused-ring (bicyclic) bond motifs is 1. The Labute approximate surface area is 103 Å². The molecule has 2 rings (SSSR count). The molecule has 4 nitrogen and oxygen atoms in total. The Hall–Kier alpha value is -0.610. The highest BCUT2D eigenvalue weighted by Gasteiger charge is 2.42. The Kier molecular flexibility index (Phi) is 4.40. The van der Waals surface area contributed by atoms with Crippen molar-refractivity contribution in [1.29, 1.82) is 0 Å². The summed E-state index contributed by atoms with van der Waals surface area (Å²) in [7, 11) is 0. The SMILES string of the molecule is NCCCCCC(=O)N1CC2CCC(O)C2C1. The highest BCUT2D eigenvalue weighted by Crippen LogP contribution is 2.38. The lowest BCUT2D eigenvalue weighted by Crippen LogP contribution is -2.30. The number of aliphatic hydroxyl groups is 1. The van der Waals surface area contributed by atoms with Crippen LogP contribution in [0.3, 0.4) is 0 Å². The van der Waals surface area contributed by atoms with E-state index in [4.69, 9.17) is 5.73 Å². The molecule has 0 radical (unpaired) electrons. The Morgan fingerprint density at radius 3 is 2.76 bits per heavy atom. The van der Waals surface area contributed by atoms with Crippen LogP contribution in [0, 0.1) is 11.8 Å². The van der Waals surface area contributed by atoms with E-state index in [1.54, 1.807) is 0 Å². The van der Waals surface area contributed by atoms with Gasteiger partial charge >= 0.3 is 0 Å². The van der Waals surface area contributed by atoms with Gasteiger partial charge in [0.05, 0.1) is 6.10 Å². The normalized spacial score (nSPS) is 31.9. The predicted octanol–water partition coefficient (Wildman–Crippen LogP) is 0.735. The van der Waals surface area contributed by atoms with Gasteiger partial charge in [0.15, 0.2) is 0 Å².